The van der Waals surface area contributed by atoms with Gasteiger partial charge < -0.3 is 10.6 Å². The first-order valence-corrected chi connectivity index (χ1v) is 5.30. The lowest BCUT2D eigenvalue weighted by Gasteiger charge is -2.34. The molecule has 1 aromatic heterocycles. The quantitative estimate of drug-likeness (QED) is 0.834. The van der Waals surface area contributed by atoms with Gasteiger partial charge in [0.05, 0.1) is 0 Å². The molecular formula is C12H19N3O. The number of carbonyl (C=O) groups excluding carboxylic acids is 1. The van der Waals surface area contributed by atoms with Gasteiger partial charge >= 0.3 is 0 Å². The number of rotatable bonds is 3. The van der Waals surface area contributed by atoms with Crippen molar-refractivity contribution < 1.29 is 4.79 Å². The maximum atomic E-state index is 12.2. The fourth-order valence-electron chi connectivity index (χ4n) is 1.28. The Morgan fingerprint density at radius 2 is 2.19 bits per heavy atom. The average molecular weight is 221 g/mol. The zero-order valence-electron chi connectivity index (χ0n) is 10.3. The summed E-state index contributed by atoms with van der Waals surface area (Å²) in [5.74, 6) is -0.0893. The third kappa shape index (κ3) is 2.39. The smallest absolute Gasteiger partial charge is 0.272 e. The van der Waals surface area contributed by atoms with Gasteiger partial charge in [0.25, 0.3) is 5.91 Å². The number of carbonyl (C=O) groups is 1. The van der Waals surface area contributed by atoms with E-state index in [9.17, 15) is 4.79 Å². The fourth-order valence-corrected chi connectivity index (χ4v) is 1.28. The maximum absolute atomic E-state index is 12.2. The minimum Gasteiger partial charge on any atom is -0.334 e. The Hall–Kier alpha value is -1.42. The van der Waals surface area contributed by atoms with Crippen LogP contribution in [0.3, 0.4) is 0 Å². The first-order valence-electron chi connectivity index (χ1n) is 5.30. The third-order valence-electron chi connectivity index (χ3n) is 2.92. The predicted octanol–water partition coefficient (Wildman–Crippen LogP) is 1.20. The van der Waals surface area contributed by atoms with Crippen LogP contribution in [0.1, 0.15) is 29.9 Å². The highest BCUT2D eigenvalue weighted by molar-refractivity contribution is 5.93. The minimum absolute atomic E-state index is 0.0893. The lowest BCUT2D eigenvalue weighted by molar-refractivity contribution is 0.0633. The van der Waals surface area contributed by atoms with Crippen LogP contribution < -0.4 is 5.73 Å². The van der Waals surface area contributed by atoms with Crippen LogP contribution in [-0.4, -0.2) is 34.9 Å². The summed E-state index contributed by atoms with van der Waals surface area (Å²) in [6, 6.07) is 3.70. The molecule has 0 aromatic carbocycles. The second-order valence-corrected chi connectivity index (χ2v) is 4.55. The van der Waals surface area contributed by atoms with E-state index < -0.39 is 0 Å². The first-order chi connectivity index (χ1) is 7.40. The standard InChI is InChI=1S/C12H19N3O/c1-9-6-5-7-14-10(9)11(16)15(4)12(2,3)8-13/h5-7H,8,13H2,1-4H3. The molecule has 0 fully saturated rings. The van der Waals surface area contributed by atoms with E-state index in [1.54, 1.807) is 18.1 Å². The molecule has 2 N–H and O–H groups in total. The molecule has 0 spiro atoms. The zero-order valence-corrected chi connectivity index (χ0v) is 10.3. The minimum atomic E-state index is -0.360. The Morgan fingerprint density at radius 3 is 2.69 bits per heavy atom. The van der Waals surface area contributed by atoms with Crippen LogP contribution in [0.25, 0.3) is 0 Å². The second-order valence-electron chi connectivity index (χ2n) is 4.55. The predicted molar refractivity (Wildman–Crippen MR) is 64.2 cm³/mol. The number of nitrogens with zero attached hydrogens (tertiary/aromatic N) is 2. The normalized spacial score (nSPS) is 11.3. The van der Waals surface area contributed by atoms with E-state index in [1.807, 2.05) is 32.9 Å². The van der Waals surface area contributed by atoms with Gasteiger partial charge in [-0.2, -0.15) is 0 Å². The number of hydrogen-bond acceptors (Lipinski definition) is 3. The average Bonchev–Trinajstić information content (AvgIpc) is 2.27. The zero-order chi connectivity index (χ0) is 12.3. The van der Waals surface area contributed by atoms with Crippen molar-refractivity contribution in [3.63, 3.8) is 0 Å². The van der Waals surface area contributed by atoms with Crippen LogP contribution in [0.4, 0.5) is 0 Å². The Morgan fingerprint density at radius 1 is 1.56 bits per heavy atom. The Bertz CT molecular complexity index is 388. The number of hydrogen-bond donors (Lipinski definition) is 1. The molecule has 0 unspecified atom stereocenters. The van der Waals surface area contributed by atoms with Crippen molar-refractivity contribution in [2.75, 3.05) is 13.6 Å². The van der Waals surface area contributed by atoms with Gasteiger partial charge in [0.2, 0.25) is 0 Å². The van der Waals surface area contributed by atoms with E-state index in [-0.39, 0.29) is 11.4 Å². The van der Waals surface area contributed by atoms with Gasteiger partial charge in [-0.15, -0.1) is 0 Å². The Kier molecular flexibility index (Phi) is 3.65. The van der Waals surface area contributed by atoms with Crippen molar-refractivity contribution in [1.29, 1.82) is 0 Å². The monoisotopic (exact) mass is 221 g/mol. The molecule has 0 bridgehead atoms. The fraction of sp³-hybridized carbons (Fsp3) is 0.500. The van der Waals surface area contributed by atoms with Gasteiger partial charge in [0.15, 0.2) is 0 Å². The van der Waals surface area contributed by atoms with Crippen molar-refractivity contribution in [2.24, 2.45) is 5.73 Å². The summed E-state index contributed by atoms with van der Waals surface area (Å²) >= 11 is 0. The maximum Gasteiger partial charge on any atom is 0.272 e. The van der Waals surface area contributed by atoms with Crippen molar-refractivity contribution in [1.82, 2.24) is 9.88 Å². The number of pyridine rings is 1. The number of aromatic nitrogens is 1. The summed E-state index contributed by atoms with van der Waals surface area (Å²) in [6.07, 6.45) is 1.63. The van der Waals surface area contributed by atoms with E-state index in [0.29, 0.717) is 12.2 Å². The van der Waals surface area contributed by atoms with Crippen molar-refractivity contribution in [3.8, 4) is 0 Å². The molecule has 0 aliphatic rings. The van der Waals surface area contributed by atoms with E-state index in [2.05, 4.69) is 4.98 Å². The first kappa shape index (κ1) is 12.6. The SMILES string of the molecule is Cc1cccnc1C(=O)N(C)C(C)(C)CN. The van der Waals surface area contributed by atoms with Crippen molar-refractivity contribution >= 4 is 5.91 Å². The van der Waals surface area contributed by atoms with E-state index in [1.165, 1.54) is 0 Å². The van der Waals surface area contributed by atoms with Gasteiger partial charge in [0, 0.05) is 25.3 Å². The molecule has 0 aliphatic carbocycles. The highest BCUT2D eigenvalue weighted by atomic mass is 16.2. The van der Waals surface area contributed by atoms with Crippen molar-refractivity contribution in [3.05, 3.63) is 29.6 Å². The van der Waals surface area contributed by atoms with Gasteiger partial charge in [0.1, 0.15) is 5.69 Å². The van der Waals surface area contributed by atoms with Gasteiger partial charge in [-0.05, 0) is 32.4 Å². The summed E-state index contributed by atoms with van der Waals surface area (Å²) in [5.41, 5.74) is 6.66. The summed E-state index contributed by atoms with van der Waals surface area (Å²) in [5, 5.41) is 0. The summed E-state index contributed by atoms with van der Waals surface area (Å²) in [7, 11) is 1.75. The van der Waals surface area contributed by atoms with Crippen LogP contribution in [0.2, 0.25) is 0 Å². The topological polar surface area (TPSA) is 59.2 Å². The van der Waals surface area contributed by atoms with Crippen LogP contribution in [-0.2, 0) is 0 Å². The molecule has 16 heavy (non-hydrogen) atoms. The molecule has 88 valence electrons. The molecule has 1 aromatic rings. The number of aryl methyl sites for hydroxylation is 1. The lowest BCUT2D eigenvalue weighted by Crippen LogP contribution is -2.50. The third-order valence-corrected chi connectivity index (χ3v) is 2.92. The molecule has 1 heterocycles. The number of nitrogens with two attached hydrogens (primary N) is 1. The molecule has 4 nitrogen and oxygen atoms in total. The van der Waals surface area contributed by atoms with E-state index in [0.717, 1.165) is 5.56 Å². The molecule has 0 saturated carbocycles. The molecule has 1 rings (SSSR count). The molecule has 0 aliphatic heterocycles. The second kappa shape index (κ2) is 4.61. The van der Waals surface area contributed by atoms with Crippen LogP contribution in [0, 0.1) is 6.92 Å². The molecule has 0 saturated heterocycles. The van der Waals surface area contributed by atoms with E-state index >= 15 is 0 Å². The largest absolute Gasteiger partial charge is 0.334 e. The highest BCUT2D eigenvalue weighted by Gasteiger charge is 2.28. The Balaban J connectivity index is 3.00. The molecular weight excluding hydrogens is 202 g/mol. The van der Waals surface area contributed by atoms with Gasteiger partial charge in [-0.25, -0.2) is 0 Å². The molecule has 0 radical (unpaired) electrons. The van der Waals surface area contributed by atoms with Gasteiger partial charge in [-0.3, -0.25) is 9.78 Å². The van der Waals surface area contributed by atoms with Crippen LogP contribution >= 0.6 is 0 Å². The van der Waals surface area contributed by atoms with Crippen LogP contribution in [0.5, 0.6) is 0 Å². The number of amides is 1. The lowest BCUT2D eigenvalue weighted by atomic mass is 10.0. The molecule has 0 atom stereocenters. The molecule has 1 amide bonds. The summed E-state index contributed by atoms with van der Waals surface area (Å²) in [4.78, 5) is 17.9. The molecule has 4 heteroatoms. The Labute approximate surface area is 96.5 Å². The summed E-state index contributed by atoms with van der Waals surface area (Å²) < 4.78 is 0. The van der Waals surface area contributed by atoms with E-state index in [4.69, 9.17) is 5.73 Å². The van der Waals surface area contributed by atoms with Crippen molar-refractivity contribution in [2.45, 2.75) is 26.3 Å². The number of likely N-dealkylation sites (N-methyl/N-ethyl adjacent to an activating group) is 1. The summed E-state index contributed by atoms with van der Waals surface area (Å²) in [6.45, 7) is 6.16. The highest BCUT2D eigenvalue weighted by Crippen LogP contribution is 2.15. The van der Waals surface area contributed by atoms with Gasteiger partial charge in [-0.1, -0.05) is 6.07 Å². The van der Waals surface area contributed by atoms with Crippen LogP contribution in [0.15, 0.2) is 18.3 Å².